The molecule has 1 aromatic heterocycles. The van der Waals surface area contributed by atoms with Crippen molar-refractivity contribution in [3.8, 4) is 0 Å². The largest absolute Gasteiger partial charge is 0.609 e. The van der Waals surface area contributed by atoms with E-state index in [4.69, 9.17) is 16.3 Å². The molecule has 0 bridgehead atoms. The molecule has 1 unspecified atom stereocenters. The first-order chi connectivity index (χ1) is 12.1. The summed E-state index contributed by atoms with van der Waals surface area (Å²) in [6.07, 6.45) is -0.112. The van der Waals surface area contributed by atoms with Gasteiger partial charge < -0.3 is 15.3 Å². The zero-order valence-corrected chi connectivity index (χ0v) is 15.5. The number of carbonyl (C=O) groups excluding carboxylic acids is 1. The molecule has 26 heavy (non-hydrogen) atoms. The number of hydrogen-bond donors (Lipinski definition) is 3. The number of halogens is 2. The minimum Gasteiger partial charge on any atom is -0.609 e. The number of nitrogens with two attached hydrogens (primary N) is 1. The van der Waals surface area contributed by atoms with E-state index in [9.17, 15) is 24.0 Å². The second kappa shape index (κ2) is 9.67. The van der Waals surface area contributed by atoms with Crippen LogP contribution < -0.4 is 22.2 Å². The number of carbonyl (C=O) groups is 1. The van der Waals surface area contributed by atoms with E-state index in [2.05, 4.69) is 5.32 Å². The van der Waals surface area contributed by atoms with Crippen molar-refractivity contribution in [2.45, 2.75) is 39.0 Å². The molecule has 10 nitrogen and oxygen atoms in total. The molecule has 0 saturated carbocycles. The quantitative estimate of drug-likeness (QED) is 0.238. The molecule has 0 saturated heterocycles. The average Bonchev–Trinajstić information content (AvgIpc) is 2.53. The Hall–Kier alpha value is -1.95. The Bertz CT molecular complexity index is 717. The molecule has 0 spiro atoms. The molecule has 0 aliphatic carbocycles. The summed E-state index contributed by atoms with van der Waals surface area (Å²) in [5, 5.41) is 14.2. The Morgan fingerprint density at radius 2 is 2.19 bits per heavy atom. The Morgan fingerprint density at radius 3 is 2.73 bits per heavy atom. The van der Waals surface area contributed by atoms with Crippen LogP contribution >= 0.6 is 11.6 Å². The van der Waals surface area contributed by atoms with E-state index in [0.717, 1.165) is 15.8 Å². The van der Waals surface area contributed by atoms with Crippen molar-refractivity contribution in [3.63, 3.8) is 0 Å². The second-order valence-corrected chi connectivity index (χ2v) is 6.71. The highest BCUT2D eigenvalue weighted by Crippen LogP contribution is 2.20. The van der Waals surface area contributed by atoms with E-state index in [1.54, 1.807) is 20.8 Å². The van der Waals surface area contributed by atoms with Gasteiger partial charge in [-0.2, -0.15) is 9.40 Å². The molecule has 1 aromatic rings. The van der Waals surface area contributed by atoms with Gasteiger partial charge >= 0.3 is 11.7 Å². The number of amides is 2. The molecule has 0 aliphatic rings. The van der Waals surface area contributed by atoms with Gasteiger partial charge in [0.05, 0.1) is 18.3 Å². The predicted molar refractivity (Wildman–Crippen MR) is 91.9 cm³/mol. The number of H-pyrrole nitrogens is 1. The van der Waals surface area contributed by atoms with Gasteiger partial charge in [0, 0.05) is 18.8 Å². The summed E-state index contributed by atoms with van der Waals surface area (Å²) in [6.45, 7) is 5.28. The monoisotopic (exact) mass is 395 g/mol. The van der Waals surface area contributed by atoms with Gasteiger partial charge in [-0.1, -0.05) is 0 Å². The van der Waals surface area contributed by atoms with Crippen LogP contribution in [0.1, 0.15) is 33.4 Å². The van der Waals surface area contributed by atoms with Crippen LogP contribution in [0, 0.1) is 11.0 Å². The highest BCUT2D eigenvalue weighted by Gasteiger charge is 2.23. The summed E-state index contributed by atoms with van der Waals surface area (Å²) < 4.78 is 20.2. The molecular formula is C14H23ClFN5O5. The van der Waals surface area contributed by atoms with Gasteiger partial charge in [-0.15, -0.1) is 11.6 Å². The lowest BCUT2D eigenvalue weighted by Gasteiger charge is -2.29. The van der Waals surface area contributed by atoms with Gasteiger partial charge in [-0.05, 0) is 20.8 Å². The van der Waals surface area contributed by atoms with Crippen LogP contribution in [0.2, 0.25) is 0 Å². The fourth-order valence-corrected chi connectivity index (χ4v) is 2.22. The summed E-state index contributed by atoms with van der Waals surface area (Å²) in [5.41, 5.74) is -2.30. The van der Waals surface area contributed by atoms with Crippen molar-refractivity contribution in [3.05, 3.63) is 38.1 Å². The third kappa shape index (κ3) is 6.75. The number of nitrogens with zero attached hydrogens (tertiary/aromatic N) is 2. The zero-order valence-electron chi connectivity index (χ0n) is 14.8. The van der Waals surface area contributed by atoms with Gasteiger partial charge in [-0.3, -0.25) is 19.9 Å². The second-order valence-electron chi connectivity index (χ2n) is 6.34. The van der Waals surface area contributed by atoms with Crippen molar-refractivity contribution in [1.29, 1.82) is 0 Å². The smallest absolute Gasteiger partial charge is 0.361 e. The Labute approximate surface area is 153 Å². The van der Waals surface area contributed by atoms with Gasteiger partial charge in [0.1, 0.15) is 6.23 Å². The number of nitrogens with one attached hydrogen (secondary N) is 2. The number of hydrogen-bond acceptors (Lipinski definition) is 5. The first-order valence-electron chi connectivity index (χ1n) is 7.83. The number of alkyl halides is 1. The molecule has 0 aliphatic heterocycles. The molecule has 0 fully saturated rings. The van der Waals surface area contributed by atoms with Crippen LogP contribution in [0.4, 0.5) is 9.18 Å². The maximum atomic E-state index is 13.6. The topological polar surface area (TPSA) is 136 Å². The lowest BCUT2D eigenvalue weighted by atomic mass is 10.2. The average molecular weight is 396 g/mol. The van der Waals surface area contributed by atoms with Gasteiger partial charge in [0.2, 0.25) is 5.82 Å². The van der Waals surface area contributed by atoms with Crippen LogP contribution in [-0.2, 0) is 4.74 Å². The van der Waals surface area contributed by atoms with Crippen LogP contribution in [0.25, 0.3) is 0 Å². The number of quaternary nitrogens is 1. The first kappa shape index (κ1) is 22.1. The first-order valence-corrected chi connectivity index (χ1v) is 8.37. The van der Waals surface area contributed by atoms with Crippen LogP contribution in [0.15, 0.2) is 15.8 Å². The summed E-state index contributed by atoms with van der Waals surface area (Å²) in [5.74, 6) is -1.04. The maximum absolute atomic E-state index is 13.6. The number of rotatable bonds is 8. The number of aromatic nitrogens is 2. The standard InChI is InChI=1S/C14H23ClFN5O5/c1-14(2,3)26-10(20-8-9(16)11(22)18-13(20)24)4-6-17-12(23)21(19-25)7-5-15/h8,10H,4-7,19H2,1-3H3,(H,17,23)(H,18,22,24). The lowest BCUT2D eigenvalue weighted by molar-refractivity contribution is -0.731. The molecule has 1 rings (SSSR count). The molecule has 2 amide bonds. The predicted octanol–water partition coefficient (Wildman–Crippen LogP) is -0.394. The Morgan fingerprint density at radius 1 is 1.54 bits per heavy atom. The van der Waals surface area contributed by atoms with E-state index in [1.165, 1.54) is 0 Å². The van der Waals surface area contributed by atoms with E-state index in [0.29, 0.717) is 5.59 Å². The van der Waals surface area contributed by atoms with E-state index >= 15 is 0 Å². The van der Waals surface area contributed by atoms with Gasteiger partial charge in [0.15, 0.2) is 0 Å². The molecule has 0 radical (unpaired) electrons. The van der Waals surface area contributed by atoms with E-state index in [1.807, 2.05) is 4.98 Å². The molecule has 1 atom stereocenters. The Kier molecular flexibility index (Phi) is 8.21. The van der Waals surface area contributed by atoms with Crippen LogP contribution in [-0.4, -0.2) is 45.2 Å². The molecular weight excluding hydrogens is 373 g/mol. The summed E-state index contributed by atoms with van der Waals surface area (Å²) in [7, 11) is 0. The summed E-state index contributed by atoms with van der Waals surface area (Å²) in [4.78, 5) is 36.8. The third-order valence-corrected chi connectivity index (χ3v) is 3.27. The highest BCUT2D eigenvalue weighted by atomic mass is 35.5. The van der Waals surface area contributed by atoms with Crippen LogP contribution in [0.3, 0.4) is 0 Å². The van der Waals surface area contributed by atoms with Crippen LogP contribution in [0.5, 0.6) is 0 Å². The van der Waals surface area contributed by atoms with Crippen molar-refractivity contribution >= 4 is 17.6 Å². The van der Waals surface area contributed by atoms with E-state index in [-0.39, 0.29) is 25.4 Å². The van der Waals surface area contributed by atoms with Crippen molar-refractivity contribution < 1.29 is 19.5 Å². The highest BCUT2D eigenvalue weighted by molar-refractivity contribution is 6.18. The minimum atomic E-state index is -1.13. The van der Waals surface area contributed by atoms with Crippen molar-refractivity contribution in [2.24, 2.45) is 0 Å². The third-order valence-electron chi connectivity index (χ3n) is 3.11. The minimum absolute atomic E-state index is 0.0272. The fraction of sp³-hybridized carbons (Fsp3) is 0.643. The zero-order chi connectivity index (χ0) is 19.9. The Balaban J connectivity index is 2.89. The summed E-state index contributed by atoms with van der Waals surface area (Å²) >= 11 is 5.50. The SMILES string of the molecule is CC(C)(C)OC(CCNC(=O)N(CCCl)[NH2+][O-])n1cc(F)c(=O)[nH]c1=O. The van der Waals surface area contributed by atoms with Gasteiger partial charge in [0.25, 0.3) is 5.56 Å². The summed E-state index contributed by atoms with van der Waals surface area (Å²) in [6, 6.07) is -0.657. The number of aromatic amines is 1. The van der Waals surface area contributed by atoms with Crippen molar-refractivity contribution in [1.82, 2.24) is 19.9 Å². The lowest BCUT2D eigenvalue weighted by Crippen LogP contribution is -2.90. The van der Waals surface area contributed by atoms with E-state index < -0.39 is 34.9 Å². The van der Waals surface area contributed by atoms with Crippen molar-refractivity contribution in [2.75, 3.05) is 19.0 Å². The van der Waals surface area contributed by atoms with Gasteiger partial charge in [-0.25, -0.2) is 9.59 Å². The maximum Gasteiger partial charge on any atom is 0.361 e. The fourth-order valence-electron chi connectivity index (χ4n) is 2.03. The normalized spacial score (nSPS) is 12.7. The molecule has 148 valence electrons. The molecule has 12 heteroatoms. The molecule has 4 N–H and O–H groups in total. The number of ether oxygens (including phenoxy) is 1. The molecule has 0 aromatic carbocycles. The number of urea groups is 1. The molecule has 1 heterocycles.